The van der Waals surface area contributed by atoms with E-state index >= 15 is 0 Å². The first-order valence-electron chi connectivity index (χ1n) is 39.8. The molecule has 1 atom stereocenters. The highest BCUT2D eigenvalue weighted by Gasteiger charge is 2.28. The van der Waals surface area contributed by atoms with Gasteiger partial charge in [0.25, 0.3) is 0 Å². The Kier molecular flexibility index (Phi) is 19.0. The van der Waals surface area contributed by atoms with Crippen LogP contribution in [-0.2, 0) is 41.0 Å². The molecule has 16 rings (SSSR count). The van der Waals surface area contributed by atoms with Crippen molar-refractivity contribution in [2.45, 2.75) is 167 Å². The zero-order valence-corrected chi connectivity index (χ0v) is 65.6. The van der Waals surface area contributed by atoms with Gasteiger partial charge in [-0.05, 0) is 176 Å². The Labute approximate surface area is 631 Å². The van der Waals surface area contributed by atoms with Crippen LogP contribution in [0.15, 0.2) is 188 Å². The standard InChI is InChI=1S/C25H29N2O.C24H27N2O.C23H25N2O.C22H23N2O/c1-15(2)13-19-8-10-21-20-9-7-17(5)23(24(20)28-25(21)26-19)22-14-18(16(3)4)11-12-27(22)6;1-14(2)17-11-12-26(6)21(13-17)22-16(5)7-8-18-19-9-10-20(15(3)4)25-24(19)27-23(18)22;1-6-17-8-10-19-18-9-7-15(4)21(22(18)26-23(19)24-17)20-13-16(14(2)3)11-12-25(20)5;1-13(2)16-10-11-24(5)19(12-16)20-14(3)6-8-17-18-9-7-15(4)23-22(18)25-21(17)20/h7-12,14-16H,13H2,1-6H3;7-15H,1-6H3;7-14H,6H2,1-5H3;6-13H,1-5H3/q4*+1/i1D3,15D;15D;;. The van der Waals surface area contributed by atoms with Gasteiger partial charge in [0.1, 0.15) is 28.2 Å². The molecule has 0 saturated heterocycles. The number of aryl methyl sites for hydroxylation is 10. The molecule has 12 heteroatoms. The Morgan fingerprint density at radius 3 is 0.962 bits per heavy atom. The third-order valence-corrected chi connectivity index (χ3v) is 20.8. The number of nitrogens with zero attached hydrogens (tertiary/aromatic N) is 8. The molecule has 0 saturated carbocycles. The maximum absolute atomic E-state index is 8.28. The van der Waals surface area contributed by atoms with Crippen LogP contribution < -0.4 is 18.3 Å². The maximum Gasteiger partial charge on any atom is 0.227 e. The highest BCUT2D eigenvalue weighted by molar-refractivity contribution is 6.12. The summed E-state index contributed by atoms with van der Waals surface area (Å²) in [7, 11) is 8.27. The van der Waals surface area contributed by atoms with Gasteiger partial charge < -0.3 is 17.7 Å². The average molecular weight is 1410 g/mol. The second-order valence-corrected chi connectivity index (χ2v) is 30.4. The summed E-state index contributed by atoms with van der Waals surface area (Å²) in [6, 6.07) is 50.8. The Morgan fingerprint density at radius 2 is 0.642 bits per heavy atom. The fourth-order valence-electron chi connectivity index (χ4n) is 14.3. The molecule has 0 aliphatic heterocycles. The number of hydrogen-bond donors (Lipinski definition) is 0. The van der Waals surface area contributed by atoms with Crippen molar-refractivity contribution in [3.05, 3.63) is 238 Å². The van der Waals surface area contributed by atoms with Crippen LogP contribution in [0.1, 0.15) is 194 Å². The second-order valence-electron chi connectivity index (χ2n) is 30.4. The highest BCUT2D eigenvalue weighted by atomic mass is 16.4. The van der Waals surface area contributed by atoms with Crippen molar-refractivity contribution in [3.63, 3.8) is 0 Å². The molecular formula is C94H104N8O4+4. The van der Waals surface area contributed by atoms with Crippen molar-refractivity contribution in [3.8, 4) is 45.0 Å². The van der Waals surface area contributed by atoms with Crippen molar-refractivity contribution < 1.29 is 42.8 Å². The first-order chi connectivity index (χ1) is 52.5. The monoisotopic (exact) mass is 1410 g/mol. The highest BCUT2D eigenvalue weighted by Crippen LogP contribution is 2.42. The average Bonchev–Trinajstić information content (AvgIpc) is 1.63. The maximum atomic E-state index is 8.28. The van der Waals surface area contributed by atoms with Gasteiger partial charge in [-0.15, -0.1) is 0 Å². The van der Waals surface area contributed by atoms with Gasteiger partial charge in [0.15, 0.2) is 47.1 Å². The minimum absolute atomic E-state index is 0.0216. The molecule has 1 unspecified atom stereocenters. The van der Waals surface area contributed by atoms with Crippen molar-refractivity contribution in [1.29, 1.82) is 0 Å². The first-order valence-corrected chi connectivity index (χ1v) is 37.3. The lowest BCUT2D eigenvalue weighted by atomic mass is 9.97. The minimum atomic E-state index is -2.39. The molecule has 0 spiro atoms. The Balaban J connectivity index is 0.000000130. The largest absolute Gasteiger partial charge is 0.437 e. The van der Waals surface area contributed by atoms with E-state index in [1.54, 1.807) is 6.07 Å². The third kappa shape index (κ3) is 14.3. The van der Waals surface area contributed by atoms with Gasteiger partial charge in [0, 0.05) is 121 Å². The van der Waals surface area contributed by atoms with Crippen LogP contribution >= 0.6 is 0 Å². The van der Waals surface area contributed by atoms with Gasteiger partial charge in [-0.1, -0.05) is 138 Å². The molecular weight excluding hydrogens is 1310 g/mol. The lowest BCUT2D eigenvalue weighted by molar-refractivity contribution is -0.660. The number of furan rings is 4. The molecule has 0 fully saturated rings. The van der Waals surface area contributed by atoms with E-state index in [1.165, 1.54) is 57.3 Å². The predicted molar refractivity (Wildman–Crippen MR) is 435 cm³/mol. The van der Waals surface area contributed by atoms with Gasteiger partial charge in [-0.3, -0.25) is 0 Å². The molecule has 0 radical (unpaired) electrons. The number of aromatic nitrogens is 8. The van der Waals surface area contributed by atoms with Crippen LogP contribution in [0, 0.1) is 40.5 Å². The van der Waals surface area contributed by atoms with E-state index in [2.05, 4.69) is 278 Å². The second kappa shape index (κ2) is 30.0. The summed E-state index contributed by atoms with van der Waals surface area (Å²) in [5, 5.41) is 8.32. The normalized spacial score (nSPS) is 13.3. The topological polar surface area (TPSA) is 120 Å². The van der Waals surface area contributed by atoms with E-state index < -0.39 is 18.6 Å². The minimum Gasteiger partial charge on any atom is -0.437 e. The van der Waals surface area contributed by atoms with E-state index in [0.29, 0.717) is 52.2 Å². The van der Waals surface area contributed by atoms with E-state index in [4.69, 9.17) is 29.5 Å². The van der Waals surface area contributed by atoms with Crippen LogP contribution in [0.3, 0.4) is 0 Å². The number of pyridine rings is 8. The van der Waals surface area contributed by atoms with Crippen LogP contribution in [-0.4, -0.2) is 19.9 Å². The van der Waals surface area contributed by atoms with Gasteiger partial charge in [0.05, 0.1) is 22.3 Å². The van der Waals surface area contributed by atoms with Crippen LogP contribution in [0.4, 0.5) is 0 Å². The fraction of sp³-hybridized carbons (Fsp3) is 0.319. The lowest BCUT2D eigenvalue weighted by Crippen LogP contribution is -2.31. The quantitative estimate of drug-likeness (QED) is 0.111. The van der Waals surface area contributed by atoms with Crippen molar-refractivity contribution in [2.75, 3.05) is 0 Å². The van der Waals surface area contributed by atoms with Crippen LogP contribution in [0.25, 0.3) is 133 Å². The van der Waals surface area contributed by atoms with Crippen LogP contribution in [0.2, 0.25) is 0 Å². The van der Waals surface area contributed by atoms with Crippen LogP contribution in [0.5, 0.6) is 0 Å². The van der Waals surface area contributed by atoms with E-state index in [9.17, 15) is 0 Å². The third-order valence-electron chi connectivity index (χ3n) is 20.8. The summed E-state index contributed by atoms with van der Waals surface area (Å²) < 4.78 is 73.1. The summed E-state index contributed by atoms with van der Waals surface area (Å²) in [5.41, 5.74) is 28.2. The number of hydrogen-bond acceptors (Lipinski definition) is 8. The van der Waals surface area contributed by atoms with E-state index in [-0.39, 0.29) is 6.42 Å². The summed E-state index contributed by atoms with van der Waals surface area (Å²) in [4.78, 5) is 18.5. The van der Waals surface area contributed by atoms with E-state index in [0.717, 1.165) is 128 Å². The van der Waals surface area contributed by atoms with Crippen molar-refractivity contribution in [2.24, 2.45) is 34.1 Å². The molecule has 4 aromatic carbocycles. The smallest absolute Gasteiger partial charge is 0.227 e. The van der Waals surface area contributed by atoms with Gasteiger partial charge in [-0.25, -0.2) is 38.2 Å². The fourth-order valence-corrected chi connectivity index (χ4v) is 14.3. The number of benzene rings is 4. The van der Waals surface area contributed by atoms with Gasteiger partial charge in [-0.2, -0.15) is 0 Å². The molecule has 16 aromatic rings. The Bertz CT molecular complexity index is 6260. The molecule has 12 aromatic heterocycles. The molecule has 12 heterocycles. The summed E-state index contributed by atoms with van der Waals surface area (Å²) >= 11 is 0. The predicted octanol–water partition coefficient (Wildman–Crippen LogP) is 22.8. The molecule has 540 valence electrons. The van der Waals surface area contributed by atoms with Crippen molar-refractivity contribution in [1.82, 2.24) is 19.9 Å². The SMILES string of the molecule is CCc1ccc2c(n1)oc1c(-c3cc(C(C)C)cc[n+]3C)c(C)ccc12.Cc1ccc2c(n1)oc1c(-c3cc(C(C)C)cc[n+]3C)c(C)ccc12.[2H]C(C)(C)c1ccc2c(n1)oc1c(-c3cc(C(C)C)cc[n+]3C)c(C)ccc12.[2H]C([2H])([2H])C([2H])(C)Cc1ccc2c(n1)oc1c(-c3cc(C(C)C)cc[n+]3C)c(C)ccc12. The molecule has 0 amide bonds. The Morgan fingerprint density at radius 1 is 0.349 bits per heavy atom. The molecule has 12 nitrogen and oxygen atoms in total. The molecule has 0 N–H and O–H groups in total. The van der Waals surface area contributed by atoms with Gasteiger partial charge >= 0.3 is 0 Å². The summed E-state index contributed by atoms with van der Waals surface area (Å²) in [6.07, 6.45) is 9.39. The van der Waals surface area contributed by atoms with Gasteiger partial charge in [0.2, 0.25) is 45.6 Å². The molecule has 106 heavy (non-hydrogen) atoms. The zero-order valence-electron chi connectivity index (χ0n) is 70.6. The summed E-state index contributed by atoms with van der Waals surface area (Å²) in [5.74, 6) is -0.542. The lowest BCUT2D eigenvalue weighted by Gasteiger charge is -2.09. The summed E-state index contributed by atoms with van der Waals surface area (Å²) in [6.45, 7) is 33.0. The van der Waals surface area contributed by atoms with E-state index in [1.807, 2.05) is 58.2 Å². The molecule has 0 bridgehead atoms. The Hall–Kier alpha value is -10.7. The molecule has 0 aliphatic carbocycles. The number of rotatable bonds is 12. The zero-order chi connectivity index (χ0) is 79.8. The number of fused-ring (bicyclic) bond motifs is 12. The molecule has 0 aliphatic rings. The first kappa shape index (κ1) is 67.2. The van der Waals surface area contributed by atoms with Crippen molar-refractivity contribution >= 4 is 88.3 Å².